The molecule has 0 aliphatic heterocycles. The average molecular weight is 295 g/mol. The zero-order chi connectivity index (χ0) is 13.6. The molecule has 0 bridgehead atoms. The predicted molar refractivity (Wildman–Crippen MR) is 74.1 cm³/mol. The number of H-pyrrole nitrogens is 1. The van der Waals surface area contributed by atoms with Crippen LogP contribution in [0.15, 0.2) is 22.9 Å². The maximum atomic E-state index is 9.68. The Bertz CT molecular complexity index is 680. The molecule has 5 N–H and O–H groups in total. The van der Waals surface area contributed by atoms with Crippen LogP contribution in [0.2, 0.25) is 0 Å². The van der Waals surface area contributed by atoms with Crippen molar-refractivity contribution in [3.05, 3.63) is 22.9 Å². The standard InChI is InChI=1S/C12H9NO4S2/c14-7-3-18-11(9(7)16)5-1-2-6(13-5)12-10(17)8(15)4-19-12/h1-4,13-17H. The van der Waals surface area contributed by atoms with Crippen LogP contribution in [0, 0.1) is 0 Å². The lowest BCUT2D eigenvalue weighted by atomic mass is 10.3. The third-order valence-corrected chi connectivity index (χ3v) is 4.65. The van der Waals surface area contributed by atoms with Gasteiger partial charge in [-0.15, -0.1) is 22.7 Å². The first-order valence-electron chi connectivity index (χ1n) is 5.26. The average Bonchev–Trinajstić information content (AvgIpc) is 3.05. The van der Waals surface area contributed by atoms with Crippen molar-refractivity contribution in [3.8, 4) is 44.1 Å². The number of hydrogen-bond acceptors (Lipinski definition) is 6. The minimum absolute atomic E-state index is 0.159. The largest absolute Gasteiger partial charge is 0.504 e. The highest BCUT2D eigenvalue weighted by Gasteiger charge is 2.16. The number of aromatic hydroxyl groups is 4. The first-order valence-corrected chi connectivity index (χ1v) is 7.02. The highest BCUT2D eigenvalue weighted by molar-refractivity contribution is 7.14. The van der Waals surface area contributed by atoms with Gasteiger partial charge in [-0.3, -0.25) is 0 Å². The summed E-state index contributed by atoms with van der Waals surface area (Å²) in [5, 5.41) is 41.0. The second-order valence-electron chi connectivity index (χ2n) is 3.88. The van der Waals surface area contributed by atoms with Crippen LogP contribution in [-0.2, 0) is 0 Å². The summed E-state index contributed by atoms with van der Waals surface area (Å²) in [5.41, 5.74) is 1.26. The van der Waals surface area contributed by atoms with E-state index in [0.29, 0.717) is 21.1 Å². The highest BCUT2D eigenvalue weighted by atomic mass is 32.1. The summed E-state index contributed by atoms with van der Waals surface area (Å²) < 4.78 is 0. The molecule has 0 aliphatic rings. The maximum absolute atomic E-state index is 9.68. The molecule has 5 nitrogen and oxygen atoms in total. The number of hydrogen-bond donors (Lipinski definition) is 5. The monoisotopic (exact) mass is 295 g/mol. The molecule has 0 fully saturated rings. The number of thiophene rings is 2. The summed E-state index contributed by atoms with van der Waals surface area (Å²) in [7, 11) is 0. The van der Waals surface area contributed by atoms with Crippen LogP contribution in [0.3, 0.4) is 0 Å². The lowest BCUT2D eigenvalue weighted by Gasteiger charge is -1.97. The van der Waals surface area contributed by atoms with Crippen molar-refractivity contribution in [3.63, 3.8) is 0 Å². The Balaban J connectivity index is 2.05. The zero-order valence-electron chi connectivity index (χ0n) is 9.41. The SMILES string of the molecule is Oc1csc(-c2ccc(-c3scc(O)c3O)[nH]2)c1O. The third-order valence-electron chi connectivity index (χ3n) is 2.67. The van der Waals surface area contributed by atoms with E-state index in [4.69, 9.17) is 0 Å². The summed E-state index contributed by atoms with van der Waals surface area (Å²) in [6.07, 6.45) is 0. The van der Waals surface area contributed by atoms with Crippen molar-refractivity contribution in [1.29, 1.82) is 0 Å². The minimum Gasteiger partial charge on any atom is -0.504 e. The maximum Gasteiger partial charge on any atom is 0.178 e. The van der Waals surface area contributed by atoms with Crippen LogP contribution >= 0.6 is 22.7 Å². The Morgan fingerprint density at radius 1 is 0.737 bits per heavy atom. The molecule has 7 heteroatoms. The van der Waals surface area contributed by atoms with Gasteiger partial charge in [0.1, 0.15) is 0 Å². The summed E-state index contributed by atoms with van der Waals surface area (Å²) >= 11 is 2.41. The topological polar surface area (TPSA) is 96.7 Å². The molecule has 0 aliphatic carbocycles. The predicted octanol–water partition coefficient (Wildman–Crippen LogP) is 3.29. The number of nitrogens with one attached hydrogen (secondary N) is 1. The molecule has 3 rings (SSSR count). The number of aromatic nitrogens is 1. The van der Waals surface area contributed by atoms with Crippen molar-refractivity contribution in [1.82, 2.24) is 4.98 Å². The molecule has 0 atom stereocenters. The Hall–Kier alpha value is -2.12. The summed E-state index contributed by atoms with van der Waals surface area (Å²) in [4.78, 5) is 4.07. The molecular weight excluding hydrogens is 286 g/mol. The first kappa shape index (κ1) is 11.9. The van der Waals surface area contributed by atoms with Gasteiger partial charge in [-0.1, -0.05) is 0 Å². The second-order valence-corrected chi connectivity index (χ2v) is 5.64. The summed E-state index contributed by atoms with van der Waals surface area (Å²) in [5.74, 6) is -0.658. The van der Waals surface area contributed by atoms with Gasteiger partial charge in [0.15, 0.2) is 23.0 Å². The summed E-state index contributed by atoms with van der Waals surface area (Å²) in [6, 6.07) is 3.47. The molecule has 3 aromatic heterocycles. The van der Waals surface area contributed by atoms with Gasteiger partial charge in [-0.25, -0.2) is 0 Å². The van der Waals surface area contributed by atoms with Crippen LogP contribution in [0.25, 0.3) is 21.1 Å². The van der Waals surface area contributed by atoms with E-state index in [9.17, 15) is 20.4 Å². The molecule has 98 valence electrons. The second kappa shape index (κ2) is 4.22. The first-order chi connectivity index (χ1) is 9.08. The van der Waals surface area contributed by atoms with Crippen LogP contribution in [0.1, 0.15) is 0 Å². The molecule has 3 aromatic rings. The van der Waals surface area contributed by atoms with E-state index in [1.165, 1.54) is 33.4 Å². The smallest absolute Gasteiger partial charge is 0.178 e. The van der Waals surface area contributed by atoms with Gasteiger partial charge in [0.05, 0.1) is 21.1 Å². The normalized spacial score (nSPS) is 10.9. The van der Waals surface area contributed by atoms with E-state index < -0.39 is 0 Å². The van der Waals surface area contributed by atoms with Crippen molar-refractivity contribution in [2.24, 2.45) is 0 Å². The Labute approximate surface area is 115 Å². The summed E-state index contributed by atoms with van der Waals surface area (Å²) in [6.45, 7) is 0. The molecule has 0 unspecified atom stereocenters. The highest BCUT2D eigenvalue weighted by Crippen LogP contribution is 2.45. The quantitative estimate of drug-likeness (QED) is 0.501. The molecule has 3 heterocycles. The van der Waals surface area contributed by atoms with E-state index in [-0.39, 0.29) is 23.0 Å². The van der Waals surface area contributed by atoms with Crippen LogP contribution in [0.5, 0.6) is 23.0 Å². The van der Waals surface area contributed by atoms with Crippen molar-refractivity contribution in [2.75, 3.05) is 0 Å². The Morgan fingerprint density at radius 2 is 1.16 bits per heavy atom. The van der Waals surface area contributed by atoms with Gasteiger partial charge in [-0.2, -0.15) is 0 Å². The molecule has 0 saturated heterocycles. The fourth-order valence-electron chi connectivity index (χ4n) is 1.73. The van der Waals surface area contributed by atoms with Gasteiger partial charge in [-0.05, 0) is 12.1 Å². The van der Waals surface area contributed by atoms with E-state index >= 15 is 0 Å². The fourth-order valence-corrected chi connectivity index (χ4v) is 3.33. The zero-order valence-corrected chi connectivity index (χ0v) is 11.0. The van der Waals surface area contributed by atoms with Gasteiger partial charge in [0, 0.05) is 10.8 Å². The molecule has 0 aromatic carbocycles. The van der Waals surface area contributed by atoms with Crippen LogP contribution in [-0.4, -0.2) is 25.4 Å². The van der Waals surface area contributed by atoms with Crippen molar-refractivity contribution >= 4 is 22.7 Å². The lowest BCUT2D eigenvalue weighted by Crippen LogP contribution is -1.75. The lowest BCUT2D eigenvalue weighted by molar-refractivity contribution is 0.408. The number of rotatable bonds is 2. The molecule has 0 radical (unpaired) electrons. The van der Waals surface area contributed by atoms with Crippen molar-refractivity contribution in [2.45, 2.75) is 0 Å². The molecular formula is C12H9NO4S2. The van der Waals surface area contributed by atoms with Crippen LogP contribution < -0.4 is 0 Å². The molecule has 0 saturated carbocycles. The third kappa shape index (κ3) is 1.83. The number of aromatic amines is 1. The van der Waals surface area contributed by atoms with E-state index in [1.54, 1.807) is 12.1 Å². The molecule has 0 amide bonds. The Kier molecular flexibility index (Phi) is 2.65. The van der Waals surface area contributed by atoms with E-state index in [0.717, 1.165) is 0 Å². The molecule has 19 heavy (non-hydrogen) atoms. The van der Waals surface area contributed by atoms with Gasteiger partial charge < -0.3 is 25.4 Å². The van der Waals surface area contributed by atoms with Crippen molar-refractivity contribution < 1.29 is 20.4 Å². The fraction of sp³-hybridized carbons (Fsp3) is 0. The van der Waals surface area contributed by atoms with E-state index in [1.807, 2.05) is 0 Å². The van der Waals surface area contributed by atoms with Gasteiger partial charge in [0.2, 0.25) is 0 Å². The van der Waals surface area contributed by atoms with Gasteiger partial charge in [0.25, 0.3) is 0 Å². The Morgan fingerprint density at radius 3 is 1.47 bits per heavy atom. The minimum atomic E-state index is -0.170. The van der Waals surface area contributed by atoms with Crippen LogP contribution in [0.4, 0.5) is 0 Å². The van der Waals surface area contributed by atoms with Gasteiger partial charge >= 0.3 is 0 Å². The molecule has 0 spiro atoms. The van der Waals surface area contributed by atoms with E-state index in [2.05, 4.69) is 4.98 Å².